The van der Waals surface area contributed by atoms with Crippen LogP contribution in [0.1, 0.15) is 19.5 Å². The van der Waals surface area contributed by atoms with Crippen molar-refractivity contribution in [3.8, 4) is 0 Å². The molecule has 1 rings (SSSR count). The van der Waals surface area contributed by atoms with Crippen LogP contribution in [0.2, 0.25) is 0 Å². The molecule has 0 aliphatic carbocycles. The van der Waals surface area contributed by atoms with E-state index in [2.05, 4.69) is 22.2 Å². The monoisotopic (exact) mass is 261 g/mol. The van der Waals surface area contributed by atoms with Crippen molar-refractivity contribution in [2.24, 2.45) is 5.41 Å². The first-order valence-electron chi connectivity index (χ1n) is 6.06. The summed E-state index contributed by atoms with van der Waals surface area (Å²) in [4.78, 5) is 28.0. The van der Waals surface area contributed by atoms with Gasteiger partial charge >= 0.3 is 0 Å². The van der Waals surface area contributed by atoms with Crippen LogP contribution in [0.4, 0.5) is 0 Å². The average molecular weight is 261 g/mol. The maximum absolute atomic E-state index is 12.0. The number of hydrogen-bond donors (Lipinski definition) is 2. The van der Waals surface area contributed by atoms with Gasteiger partial charge in [-0.3, -0.25) is 14.6 Å². The molecular formula is C14H19N3O2. The molecule has 1 heterocycles. The fourth-order valence-electron chi connectivity index (χ4n) is 1.38. The Balaban J connectivity index is 2.56. The summed E-state index contributed by atoms with van der Waals surface area (Å²) >= 11 is 0. The van der Waals surface area contributed by atoms with Gasteiger partial charge in [0.05, 0.1) is 12.2 Å². The number of nitrogens with zero attached hydrogens (tertiary/aromatic N) is 1. The molecule has 0 aliphatic rings. The molecule has 0 atom stereocenters. The fraction of sp³-hybridized carbons (Fsp3) is 0.357. The predicted octanol–water partition coefficient (Wildman–Crippen LogP) is 1.03. The Bertz CT molecular complexity index is 455. The van der Waals surface area contributed by atoms with E-state index in [4.69, 9.17) is 0 Å². The van der Waals surface area contributed by atoms with E-state index < -0.39 is 5.41 Å². The van der Waals surface area contributed by atoms with E-state index >= 15 is 0 Å². The predicted molar refractivity (Wildman–Crippen MR) is 73.1 cm³/mol. The van der Waals surface area contributed by atoms with E-state index in [9.17, 15) is 9.59 Å². The second kappa shape index (κ2) is 6.68. The standard InChI is InChI=1S/C14H19N3O2/c1-4-8-16-12(18)14(2,3)13(19)17-10-11-7-5-6-9-15-11/h4-7,9H,1,8,10H2,2-3H3,(H,16,18)(H,17,19). The Morgan fingerprint density at radius 3 is 2.58 bits per heavy atom. The van der Waals surface area contributed by atoms with Crippen molar-refractivity contribution in [3.05, 3.63) is 42.7 Å². The Morgan fingerprint density at radius 2 is 2.00 bits per heavy atom. The second-order valence-corrected chi connectivity index (χ2v) is 4.63. The smallest absolute Gasteiger partial charge is 0.235 e. The van der Waals surface area contributed by atoms with Crippen LogP contribution in [-0.2, 0) is 16.1 Å². The lowest BCUT2D eigenvalue weighted by Crippen LogP contribution is -2.47. The summed E-state index contributed by atoms with van der Waals surface area (Å²) in [6, 6.07) is 5.46. The normalized spacial score (nSPS) is 10.6. The Morgan fingerprint density at radius 1 is 1.32 bits per heavy atom. The molecule has 0 bridgehead atoms. The highest BCUT2D eigenvalue weighted by Crippen LogP contribution is 2.15. The molecule has 2 N–H and O–H groups in total. The summed E-state index contributed by atoms with van der Waals surface area (Å²) in [5.41, 5.74) is -0.379. The number of carbonyl (C=O) groups excluding carboxylic acids is 2. The molecule has 1 aromatic rings. The van der Waals surface area contributed by atoms with E-state index in [0.717, 1.165) is 5.69 Å². The number of hydrogen-bond acceptors (Lipinski definition) is 3. The van der Waals surface area contributed by atoms with Crippen molar-refractivity contribution in [1.82, 2.24) is 15.6 Å². The molecule has 0 aliphatic heterocycles. The Kier molecular flexibility index (Phi) is 5.23. The molecule has 0 fully saturated rings. The highest BCUT2D eigenvalue weighted by molar-refractivity contribution is 6.04. The average Bonchev–Trinajstić information content (AvgIpc) is 2.42. The van der Waals surface area contributed by atoms with Gasteiger partial charge in [0.1, 0.15) is 5.41 Å². The van der Waals surface area contributed by atoms with Gasteiger partial charge in [0.25, 0.3) is 0 Å². The van der Waals surface area contributed by atoms with Gasteiger partial charge in [0.2, 0.25) is 11.8 Å². The first-order valence-corrected chi connectivity index (χ1v) is 6.06. The molecule has 5 heteroatoms. The highest BCUT2D eigenvalue weighted by Gasteiger charge is 2.35. The van der Waals surface area contributed by atoms with Crippen molar-refractivity contribution >= 4 is 11.8 Å². The van der Waals surface area contributed by atoms with Crippen molar-refractivity contribution in [2.45, 2.75) is 20.4 Å². The minimum absolute atomic E-state index is 0.303. The van der Waals surface area contributed by atoms with Crippen molar-refractivity contribution in [1.29, 1.82) is 0 Å². The molecule has 102 valence electrons. The molecular weight excluding hydrogens is 242 g/mol. The van der Waals surface area contributed by atoms with E-state index in [1.807, 2.05) is 12.1 Å². The maximum atomic E-state index is 12.0. The second-order valence-electron chi connectivity index (χ2n) is 4.63. The minimum atomic E-state index is -1.13. The number of pyridine rings is 1. The van der Waals surface area contributed by atoms with Crippen LogP contribution in [0.5, 0.6) is 0 Å². The number of amides is 2. The summed E-state index contributed by atoms with van der Waals surface area (Å²) in [7, 11) is 0. The number of nitrogens with one attached hydrogen (secondary N) is 2. The molecule has 0 aromatic carbocycles. The van der Waals surface area contributed by atoms with Crippen LogP contribution in [0.15, 0.2) is 37.1 Å². The Labute approximate surface area is 113 Å². The van der Waals surface area contributed by atoms with E-state index in [0.29, 0.717) is 13.1 Å². The van der Waals surface area contributed by atoms with Crippen molar-refractivity contribution < 1.29 is 9.59 Å². The molecule has 0 radical (unpaired) electrons. The molecule has 0 unspecified atom stereocenters. The topological polar surface area (TPSA) is 71.1 Å². The largest absolute Gasteiger partial charge is 0.352 e. The lowest BCUT2D eigenvalue weighted by molar-refractivity contribution is -0.141. The van der Waals surface area contributed by atoms with Gasteiger partial charge < -0.3 is 10.6 Å². The molecule has 0 saturated heterocycles. The zero-order valence-electron chi connectivity index (χ0n) is 11.3. The Hall–Kier alpha value is -2.17. The zero-order valence-corrected chi connectivity index (χ0v) is 11.3. The van der Waals surface area contributed by atoms with Gasteiger partial charge in [-0.05, 0) is 26.0 Å². The molecule has 1 aromatic heterocycles. The van der Waals surface area contributed by atoms with Gasteiger partial charge in [-0.25, -0.2) is 0 Å². The lowest BCUT2D eigenvalue weighted by Gasteiger charge is -2.22. The fourth-order valence-corrected chi connectivity index (χ4v) is 1.38. The van der Waals surface area contributed by atoms with Gasteiger partial charge in [-0.1, -0.05) is 12.1 Å². The van der Waals surface area contributed by atoms with Gasteiger partial charge in [-0.2, -0.15) is 0 Å². The van der Waals surface area contributed by atoms with Crippen LogP contribution >= 0.6 is 0 Å². The highest BCUT2D eigenvalue weighted by atomic mass is 16.2. The summed E-state index contributed by atoms with van der Waals surface area (Å²) in [5, 5.41) is 5.33. The van der Waals surface area contributed by atoms with Crippen LogP contribution in [0.25, 0.3) is 0 Å². The molecule has 5 nitrogen and oxygen atoms in total. The molecule has 0 spiro atoms. The third-order valence-corrected chi connectivity index (χ3v) is 2.70. The SMILES string of the molecule is C=CCNC(=O)C(C)(C)C(=O)NCc1ccccn1. The first-order chi connectivity index (χ1) is 8.98. The number of rotatable bonds is 6. The summed E-state index contributed by atoms with van der Waals surface area (Å²) in [5.74, 6) is -0.661. The van der Waals surface area contributed by atoms with Crippen molar-refractivity contribution in [3.63, 3.8) is 0 Å². The molecule has 2 amide bonds. The number of aromatic nitrogens is 1. The van der Waals surface area contributed by atoms with E-state index in [-0.39, 0.29) is 11.8 Å². The minimum Gasteiger partial charge on any atom is -0.352 e. The number of carbonyl (C=O) groups is 2. The first kappa shape index (κ1) is 14.9. The zero-order chi connectivity index (χ0) is 14.3. The summed E-state index contributed by atoms with van der Waals surface area (Å²) < 4.78 is 0. The summed E-state index contributed by atoms with van der Waals surface area (Å²) in [6.07, 6.45) is 3.23. The third-order valence-electron chi connectivity index (χ3n) is 2.70. The van der Waals surface area contributed by atoms with Crippen LogP contribution < -0.4 is 10.6 Å². The van der Waals surface area contributed by atoms with Gasteiger partial charge in [0, 0.05) is 12.7 Å². The molecule has 19 heavy (non-hydrogen) atoms. The van der Waals surface area contributed by atoms with E-state index in [1.165, 1.54) is 0 Å². The third kappa shape index (κ3) is 4.21. The summed E-state index contributed by atoms with van der Waals surface area (Å²) in [6.45, 7) is 7.32. The van der Waals surface area contributed by atoms with Gasteiger partial charge in [-0.15, -0.1) is 6.58 Å². The van der Waals surface area contributed by atoms with E-state index in [1.54, 1.807) is 32.2 Å². The quantitative estimate of drug-likeness (QED) is 0.593. The lowest BCUT2D eigenvalue weighted by atomic mass is 9.91. The van der Waals surface area contributed by atoms with Gasteiger partial charge in [0.15, 0.2) is 0 Å². The maximum Gasteiger partial charge on any atom is 0.235 e. The van der Waals surface area contributed by atoms with Crippen LogP contribution in [0.3, 0.4) is 0 Å². The van der Waals surface area contributed by atoms with Crippen LogP contribution in [0, 0.1) is 5.41 Å². The van der Waals surface area contributed by atoms with Crippen LogP contribution in [-0.4, -0.2) is 23.3 Å². The van der Waals surface area contributed by atoms with Crippen molar-refractivity contribution in [2.75, 3.05) is 6.54 Å². The molecule has 0 saturated carbocycles.